The van der Waals surface area contributed by atoms with Gasteiger partial charge in [-0.25, -0.2) is 9.97 Å². The zero-order chi connectivity index (χ0) is 15.2. The van der Waals surface area contributed by atoms with Crippen LogP contribution >= 0.6 is 0 Å². The maximum atomic E-state index is 11.8. The van der Waals surface area contributed by atoms with E-state index in [4.69, 9.17) is 0 Å². The van der Waals surface area contributed by atoms with Gasteiger partial charge >= 0.3 is 0 Å². The highest BCUT2D eigenvalue weighted by molar-refractivity contribution is 5.92. The van der Waals surface area contributed by atoms with Gasteiger partial charge in [0.2, 0.25) is 5.95 Å². The van der Waals surface area contributed by atoms with E-state index in [0.717, 1.165) is 16.8 Å². The number of anilines is 2. The minimum atomic E-state index is -0.249. The van der Waals surface area contributed by atoms with Crippen molar-refractivity contribution in [3.63, 3.8) is 0 Å². The fourth-order valence-electron chi connectivity index (χ4n) is 1.98. The summed E-state index contributed by atoms with van der Waals surface area (Å²) in [5.74, 6) is 0.145. The number of aryl methyl sites for hydroxylation is 2. The van der Waals surface area contributed by atoms with Crippen LogP contribution in [0.15, 0.2) is 43.1 Å². The molecule has 1 amide bonds. The predicted molar refractivity (Wildman–Crippen MR) is 83.8 cm³/mol. The van der Waals surface area contributed by atoms with E-state index in [9.17, 15) is 4.79 Å². The molecule has 1 aromatic heterocycles. The molecule has 2 aromatic rings. The van der Waals surface area contributed by atoms with E-state index in [0.29, 0.717) is 18.2 Å². The normalized spacial score (nSPS) is 10.0. The van der Waals surface area contributed by atoms with Gasteiger partial charge in [-0.05, 0) is 43.2 Å². The van der Waals surface area contributed by atoms with Gasteiger partial charge in [-0.2, -0.15) is 0 Å². The van der Waals surface area contributed by atoms with Crippen molar-refractivity contribution in [1.29, 1.82) is 0 Å². The second-order valence-electron chi connectivity index (χ2n) is 4.77. The largest absolute Gasteiger partial charge is 0.347 e. The summed E-state index contributed by atoms with van der Waals surface area (Å²) in [7, 11) is 0. The van der Waals surface area contributed by atoms with Crippen LogP contribution in [0.5, 0.6) is 0 Å². The van der Waals surface area contributed by atoms with E-state index >= 15 is 0 Å². The van der Waals surface area contributed by atoms with Gasteiger partial charge < -0.3 is 10.6 Å². The van der Waals surface area contributed by atoms with Crippen molar-refractivity contribution < 1.29 is 4.79 Å². The van der Waals surface area contributed by atoms with Crippen LogP contribution < -0.4 is 10.6 Å². The second kappa shape index (κ2) is 6.65. The van der Waals surface area contributed by atoms with E-state index < -0.39 is 0 Å². The van der Waals surface area contributed by atoms with Crippen LogP contribution in [0.3, 0.4) is 0 Å². The highest BCUT2D eigenvalue weighted by Gasteiger charge is 2.08. The van der Waals surface area contributed by atoms with Gasteiger partial charge in [0.15, 0.2) is 0 Å². The molecule has 0 bridgehead atoms. The first-order valence-electron chi connectivity index (χ1n) is 6.66. The van der Waals surface area contributed by atoms with Gasteiger partial charge in [-0.1, -0.05) is 12.1 Å². The van der Waals surface area contributed by atoms with Crippen LogP contribution in [0.1, 0.15) is 21.6 Å². The molecule has 0 saturated heterocycles. The van der Waals surface area contributed by atoms with Gasteiger partial charge in [0.05, 0.1) is 0 Å². The summed E-state index contributed by atoms with van der Waals surface area (Å²) in [6, 6.07) is 7.66. The van der Waals surface area contributed by atoms with Gasteiger partial charge in [-0.15, -0.1) is 6.58 Å². The van der Waals surface area contributed by atoms with E-state index in [1.54, 1.807) is 18.3 Å². The third kappa shape index (κ3) is 4.14. The molecule has 0 spiro atoms. The minimum absolute atomic E-state index is 0.249. The Bertz CT molecular complexity index is 647. The number of hydrogen-bond donors (Lipinski definition) is 2. The Balaban J connectivity index is 2.17. The molecule has 5 nitrogen and oxygen atoms in total. The van der Waals surface area contributed by atoms with Crippen LogP contribution in [0.25, 0.3) is 0 Å². The number of carbonyl (C=O) groups is 1. The Labute approximate surface area is 124 Å². The molecule has 0 fully saturated rings. The van der Waals surface area contributed by atoms with Crippen molar-refractivity contribution in [3.8, 4) is 0 Å². The summed E-state index contributed by atoms with van der Waals surface area (Å²) < 4.78 is 0. The van der Waals surface area contributed by atoms with E-state index in [1.165, 1.54) is 0 Å². The summed E-state index contributed by atoms with van der Waals surface area (Å²) in [6.45, 7) is 8.01. The van der Waals surface area contributed by atoms with E-state index in [2.05, 4.69) is 33.2 Å². The number of amides is 1. The van der Waals surface area contributed by atoms with Crippen LogP contribution in [-0.4, -0.2) is 22.4 Å². The first-order valence-corrected chi connectivity index (χ1v) is 6.66. The molecule has 2 rings (SSSR count). The van der Waals surface area contributed by atoms with Crippen molar-refractivity contribution >= 4 is 17.5 Å². The molecule has 0 aliphatic carbocycles. The molecule has 2 N–H and O–H groups in total. The third-order valence-electron chi connectivity index (χ3n) is 2.77. The average molecular weight is 282 g/mol. The molecule has 1 heterocycles. The van der Waals surface area contributed by atoms with E-state index in [1.807, 2.05) is 26.0 Å². The molecule has 0 atom stereocenters. The van der Waals surface area contributed by atoms with Crippen molar-refractivity contribution in [3.05, 3.63) is 59.9 Å². The molecule has 5 heteroatoms. The monoisotopic (exact) mass is 282 g/mol. The number of nitrogens with zero attached hydrogens (tertiary/aromatic N) is 2. The van der Waals surface area contributed by atoms with Crippen LogP contribution in [0, 0.1) is 13.8 Å². The standard InChI is InChI=1S/C16H18N4O/c1-4-6-17-15(21)14-5-7-18-16(20-14)19-13-9-11(2)8-12(3)10-13/h4-5,7-10H,1,6H2,2-3H3,(H,17,21)(H,18,19,20). The Morgan fingerprint density at radius 3 is 2.67 bits per heavy atom. The van der Waals surface area contributed by atoms with Gasteiger partial charge in [0.1, 0.15) is 5.69 Å². The maximum absolute atomic E-state index is 11.8. The van der Waals surface area contributed by atoms with Gasteiger partial charge in [0.25, 0.3) is 5.91 Å². The lowest BCUT2D eigenvalue weighted by Gasteiger charge is -2.08. The molecular formula is C16H18N4O. The lowest BCUT2D eigenvalue weighted by Crippen LogP contribution is -2.24. The molecule has 0 aliphatic heterocycles. The number of rotatable bonds is 5. The van der Waals surface area contributed by atoms with Crippen LogP contribution in [0.2, 0.25) is 0 Å². The Kier molecular flexibility index (Phi) is 4.66. The quantitative estimate of drug-likeness (QED) is 0.827. The number of hydrogen-bond acceptors (Lipinski definition) is 4. The zero-order valence-electron chi connectivity index (χ0n) is 12.2. The van der Waals surface area contributed by atoms with Gasteiger partial charge in [-0.3, -0.25) is 4.79 Å². The number of nitrogens with one attached hydrogen (secondary N) is 2. The Morgan fingerprint density at radius 2 is 2.00 bits per heavy atom. The summed E-state index contributed by atoms with van der Waals surface area (Å²) in [5.41, 5.74) is 3.52. The number of benzene rings is 1. The third-order valence-corrected chi connectivity index (χ3v) is 2.77. The fourth-order valence-corrected chi connectivity index (χ4v) is 1.98. The first-order chi connectivity index (χ1) is 10.1. The van der Waals surface area contributed by atoms with Crippen molar-refractivity contribution in [2.75, 3.05) is 11.9 Å². The molecule has 0 aliphatic rings. The highest BCUT2D eigenvalue weighted by Crippen LogP contribution is 2.17. The molecule has 1 aromatic carbocycles. The summed E-state index contributed by atoms with van der Waals surface area (Å²) >= 11 is 0. The SMILES string of the molecule is C=CCNC(=O)c1ccnc(Nc2cc(C)cc(C)c2)n1. The smallest absolute Gasteiger partial charge is 0.270 e. The van der Waals surface area contributed by atoms with Crippen molar-refractivity contribution in [2.24, 2.45) is 0 Å². The molecular weight excluding hydrogens is 264 g/mol. The second-order valence-corrected chi connectivity index (χ2v) is 4.77. The van der Waals surface area contributed by atoms with Crippen LogP contribution in [-0.2, 0) is 0 Å². The van der Waals surface area contributed by atoms with E-state index in [-0.39, 0.29) is 5.91 Å². The van der Waals surface area contributed by atoms with Crippen molar-refractivity contribution in [2.45, 2.75) is 13.8 Å². The summed E-state index contributed by atoms with van der Waals surface area (Å²) in [5, 5.41) is 5.80. The predicted octanol–water partition coefficient (Wildman–Crippen LogP) is 2.75. The lowest BCUT2D eigenvalue weighted by atomic mass is 10.1. The Hall–Kier alpha value is -2.69. The van der Waals surface area contributed by atoms with Crippen LogP contribution in [0.4, 0.5) is 11.6 Å². The number of carbonyl (C=O) groups excluding carboxylic acids is 1. The topological polar surface area (TPSA) is 66.9 Å². The highest BCUT2D eigenvalue weighted by atomic mass is 16.1. The average Bonchev–Trinajstić information content (AvgIpc) is 2.44. The summed E-state index contributed by atoms with van der Waals surface area (Å²) in [6.07, 6.45) is 3.18. The molecule has 0 radical (unpaired) electrons. The molecule has 108 valence electrons. The molecule has 0 saturated carbocycles. The minimum Gasteiger partial charge on any atom is -0.347 e. The lowest BCUT2D eigenvalue weighted by molar-refractivity contribution is 0.0953. The molecule has 0 unspecified atom stereocenters. The Morgan fingerprint density at radius 1 is 1.29 bits per heavy atom. The first kappa shape index (κ1) is 14.7. The number of aromatic nitrogens is 2. The molecule has 21 heavy (non-hydrogen) atoms. The fraction of sp³-hybridized carbons (Fsp3) is 0.188. The zero-order valence-corrected chi connectivity index (χ0v) is 12.2. The van der Waals surface area contributed by atoms with Crippen molar-refractivity contribution in [1.82, 2.24) is 15.3 Å². The van der Waals surface area contributed by atoms with Gasteiger partial charge in [0, 0.05) is 18.4 Å². The summed E-state index contributed by atoms with van der Waals surface area (Å²) in [4.78, 5) is 20.2. The maximum Gasteiger partial charge on any atom is 0.270 e.